The van der Waals surface area contributed by atoms with Crippen LogP contribution in [0.1, 0.15) is 25.2 Å². The van der Waals surface area contributed by atoms with Gasteiger partial charge in [-0.2, -0.15) is 5.10 Å². The van der Waals surface area contributed by atoms with E-state index in [1.807, 2.05) is 25.5 Å². The van der Waals surface area contributed by atoms with Crippen molar-refractivity contribution < 1.29 is 4.21 Å². The first-order valence-electron chi connectivity index (χ1n) is 5.87. The van der Waals surface area contributed by atoms with Crippen molar-refractivity contribution in [3.63, 3.8) is 0 Å². The third kappa shape index (κ3) is 4.08. The number of hydrogen-bond acceptors (Lipinski definition) is 3. The topological polar surface area (TPSA) is 46.9 Å². The minimum absolute atomic E-state index is 0.675. The molecule has 0 spiro atoms. The van der Waals surface area contributed by atoms with Crippen LogP contribution >= 0.6 is 11.6 Å². The van der Waals surface area contributed by atoms with Crippen molar-refractivity contribution in [1.82, 2.24) is 15.1 Å². The molecule has 0 aromatic carbocycles. The van der Waals surface area contributed by atoms with E-state index in [2.05, 4.69) is 10.4 Å². The average Bonchev–Trinajstić information content (AvgIpc) is 2.61. The van der Waals surface area contributed by atoms with Crippen LogP contribution in [0.3, 0.4) is 0 Å². The summed E-state index contributed by atoms with van der Waals surface area (Å²) >= 11 is 6.18. The van der Waals surface area contributed by atoms with Gasteiger partial charge in [-0.15, -0.1) is 0 Å². The molecule has 1 rings (SSSR count). The van der Waals surface area contributed by atoms with Crippen molar-refractivity contribution in [2.24, 2.45) is 0 Å². The van der Waals surface area contributed by atoms with E-state index >= 15 is 0 Å². The number of aromatic nitrogens is 2. The van der Waals surface area contributed by atoms with E-state index in [0.717, 1.165) is 29.5 Å². The van der Waals surface area contributed by atoms with Crippen molar-refractivity contribution in [2.75, 3.05) is 18.1 Å². The highest BCUT2D eigenvalue weighted by atomic mass is 35.5. The number of nitrogens with one attached hydrogen (secondary N) is 1. The van der Waals surface area contributed by atoms with Crippen LogP contribution in [0.15, 0.2) is 0 Å². The van der Waals surface area contributed by atoms with Crippen LogP contribution in [-0.2, 0) is 23.9 Å². The molecule has 0 bridgehead atoms. The van der Waals surface area contributed by atoms with E-state index in [-0.39, 0.29) is 0 Å². The summed E-state index contributed by atoms with van der Waals surface area (Å²) in [4.78, 5) is 0. The fourth-order valence-electron chi connectivity index (χ4n) is 1.58. The molecule has 0 saturated heterocycles. The molecule has 1 atom stereocenters. The lowest BCUT2D eigenvalue weighted by Crippen LogP contribution is -2.22. The molecule has 17 heavy (non-hydrogen) atoms. The maximum absolute atomic E-state index is 11.2. The molecule has 1 N–H and O–H groups in total. The number of rotatable bonds is 7. The standard InChI is InChI=1S/C11H20ClN3OS/c1-4-15-10(11(12)9(3)14-15)8-13-6-7-17(16)5-2/h13H,4-8H2,1-3H3. The zero-order valence-corrected chi connectivity index (χ0v) is 12.2. The van der Waals surface area contributed by atoms with E-state index < -0.39 is 10.8 Å². The van der Waals surface area contributed by atoms with Crippen molar-refractivity contribution in [3.8, 4) is 0 Å². The fourth-order valence-corrected chi connectivity index (χ4v) is 2.44. The zero-order chi connectivity index (χ0) is 12.8. The Balaban J connectivity index is 2.48. The molecule has 0 aliphatic rings. The van der Waals surface area contributed by atoms with Gasteiger partial charge >= 0.3 is 0 Å². The lowest BCUT2D eigenvalue weighted by molar-refractivity contribution is 0.587. The van der Waals surface area contributed by atoms with Gasteiger partial charge in [0.1, 0.15) is 0 Å². The second-order valence-corrected chi connectivity index (χ2v) is 6.01. The van der Waals surface area contributed by atoms with Gasteiger partial charge in [-0.05, 0) is 13.8 Å². The maximum atomic E-state index is 11.2. The monoisotopic (exact) mass is 277 g/mol. The van der Waals surface area contributed by atoms with Gasteiger partial charge in [-0.1, -0.05) is 18.5 Å². The molecule has 6 heteroatoms. The Hall–Kier alpha value is -0.390. The second kappa shape index (κ2) is 7.13. The fraction of sp³-hybridized carbons (Fsp3) is 0.727. The SMILES string of the molecule is CCn1nc(C)c(Cl)c1CNCCS(=O)CC. The van der Waals surface area contributed by atoms with E-state index in [1.165, 1.54) is 0 Å². The molecule has 1 heterocycles. The van der Waals surface area contributed by atoms with Crippen molar-refractivity contribution in [1.29, 1.82) is 0 Å². The van der Waals surface area contributed by atoms with Gasteiger partial charge < -0.3 is 5.32 Å². The highest BCUT2D eigenvalue weighted by Crippen LogP contribution is 2.19. The number of hydrogen-bond donors (Lipinski definition) is 1. The quantitative estimate of drug-likeness (QED) is 0.772. The first-order chi connectivity index (χ1) is 8.10. The third-order valence-electron chi connectivity index (χ3n) is 2.57. The normalized spacial score (nSPS) is 12.9. The maximum Gasteiger partial charge on any atom is 0.0860 e. The van der Waals surface area contributed by atoms with Crippen LogP contribution in [0.2, 0.25) is 5.02 Å². The van der Waals surface area contributed by atoms with Crippen LogP contribution in [-0.4, -0.2) is 32.0 Å². The third-order valence-corrected chi connectivity index (χ3v) is 4.37. The van der Waals surface area contributed by atoms with Crippen LogP contribution in [0.4, 0.5) is 0 Å². The first-order valence-corrected chi connectivity index (χ1v) is 7.74. The van der Waals surface area contributed by atoms with Crippen LogP contribution in [0, 0.1) is 6.92 Å². The second-order valence-electron chi connectivity index (χ2n) is 3.77. The lowest BCUT2D eigenvalue weighted by atomic mass is 10.3. The Morgan fingerprint density at radius 2 is 2.18 bits per heavy atom. The number of halogens is 1. The molecule has 0 radical (unpaired) electrons. The van der Waals surface area contributed by atoms with Crippen LogP contribution < -0.4 is 5.32 Å². The Kier molecular flexibility index (Phi) is 6.16. The Morgan fingerprint density at radius 1 is 1.47 bits per heavy atom. The molecule has 0 saturated carbocycles. The van der Waals surface area contributed by atoms with E-state index in [4.69, 9.17) is 11.6 Å². The largest absolute Gasteiger partial charge is 0.310 e. The Morgan fingerprint density at radius 3 is 2.76 bits per heavy atom. The molecule has 0 fully saturated rings. The van der Waals surface area contributed by atoms with Crippen molar-refractivity contribution >= 4 is 22.4 Å². The van der Waals surface area contributed by atoms with Gasteiger partial charge in [0.2, 0.25) is 0 Å². The minimum atomic E-state index is -0.710. The van der Waals surface area contributed by atoms with E-state index in [1.54, 1.807) is 0 Å². The predicted octanol–water partition coefficient (Wildman–Crippen LogP) is 1.72. The van der Waals surface area contributed by atoms with Gasteiger partial charge in [0, 0.05) is 41.9 Å². The van der Waals surface area contributed by atoms with Gasteiger partial charge in [0.15, 0.2) is 0 Å². The first kappa shape index (κ1) is 14.7. The Bertz CT molecular complexity index is 392. The summed E-state index contributed by atoms with van der Waals surface area (Å²) in [7, 11) is -0.710. The molecule has 0 amide bonds. The summed E-state index contributed by atoms with van der Waals surface area (Å²) in [5.41, 5.74) is 1.87. The molecule has 1 aromatic rings. The summed E-state index contributed by atoms with van der Waals surface area (Å²) in [5.74, 6) is 1.40. The number of nitrogens with zero attached hydrogens (tertiary/aromatic N) is 2. The summed E-state index contributed by atoms with van der Waals surface area (Å²) < 4.78 is 13.1. The molecule has 4 nitrogen and oxygen atoms in total. The molecule has 0 aliphatic heterocycles. The molecule has 98 valence electrons. The van der Waals surface area contributed by atoms with Gasteiger partial charge in [-0.25, -0.2) is 0 Å². The average molecular weight is 278 g/mol. The molecular weight excluding hydrogens is 258 g/mol. The molecular formula is C11H20ClN3OS. The van der Waals surface area contributed by atoms with Crippen molar-refractivity contribution in [3.05, 3.63) is 16.4 Å². The van der Waals surface area contributed by atoms with E-state index in [0.29, 0.717) is 18.1 Å². The minimum Gasteiger partial charge on any atom is -0.310 e. The number of aryl methyl sites for hydroxylation is 2. The zero-order valence-electron chi connectivity index (χ0n) is 10.6. The summed E-state index contributed by atoms with van der Waals surface area (Å²) in [6.07, 6.45) is 0. The summed E-state index contributed by atoms with van der Waals surface area (Å²) in [5, 5.41) is 8.33. The molecule has 1 aromatic heterocycles. The summed E-state index contributed by atoms with van der Waals surface area (Å²) in [6, 6.07) is 0. The Labute approximate surface area is 110 Å². The van der Waals surface area contributed by atoms with Gasteiger partial charge in [0.05, 0.1) is 16.4 Å². The van der Waals surface area contributed by atoms with Gasteiger partial charge in [-0.3, -0.25) is 8.89 Å². The smallest absolute Gasteiger partial charge is 0.0860 e. The van der Waals surface area contributed by atoms with Gasteiger partial charge in [0.25, 0.3) is 0 Å². The molecule has 0 aliphatic carbocycles. The molecule has 1 unspecified atom stereocenters. The van der Waals surface area contributed by atoms with Crippen molar-refractivity contribution in [2.45, 2.75) is 33.9 Å². The predicted molar refractivity (Wildman–Crippen MR) is 72.9 cm³/mol. The van der Waals surface area contributed by atoms with Crippen LogP contribution in [0.5, 0.6) is 0 Å². The van der Waals surface area contributed by atoms with Crippen LogP contribution in [0.25, 0.3) is 0 Å². The van der Waals surface area contributed by atoms with E-state index in [9.17, 15) is 4.21 Å². The summed E-state index contributed by atoms with van der Waals surface area (Å²) in [6.45, 7) is 8.11. The lowest BCUT2D eigenvalue weighted by Gasteiger charge is -2.07. The highest BCUT2D eigenvalue weighted by molar-refractivity contribution is 7.84. The highest BCUT2D eigenvalue weighted by Gasteiger charge is 2.11.